The summed E-state index contributed by atoms with van der Waals surface area (Å²) in [5.74, 6) is -0.0574. The predicted octanol–water partition coefficient (Wildman–Crippen LogP) is 3.72. The van der Waals surface area contributed by atoms with E-state index in [0.717, 1.165) is 24.1 Å². The molecule has 0 saturated heterocycles. The average molecular weight is 362 g/mol. The van der Waals surface area contributed by atoms with Crippen LogP contribution < -0.4 is 4.74 Å². The lowest BCUT2D eigenvalue weighted by atomic mass is 9.94. The van der Waals surface area contributed by atoms with Gasteiger partial charge in [-0.3, -0.25) is 9.59 Å². The predicted molar refractivity (Wildman–Crippen MR) is 91.7 cm³/mol. The molecule has 0 aliphatic heterocycles. The van der Waals surface area contributed by atoms with Crippen molar-refractivity contribution in [2.75, 3.05) is 7.05 Å². The summed E-state index contributed by atoms with van der Waals surface area (Å²) >= 11 is 0. The van der Waals surface area contributed by atoms with Crippen LogP contribution in [-0.2, 0) is 13.0 Å². The Morgan fingerprint density at radius 1 is 1.27 bits per heavy atom. The molecule has 0 fully saturated rings. The molecule has 138 valence electrons. The molecular formula is C19H20F2N2O3. The van der Waals surface area contributed by atoms with Crippen LogP contribution in [0.25, 0.3) is 0 Å². The fourth-order valence-electron chi connectivity index (χ4n) is 3.30. The number of hydrogen-bond acceptors (Lipinski definition) is 3. The van der Waals surface area contributed by atoms with Crippen LogP contribution in [0.4, 0.5) is 8.78 Å². The molecule has 1 aromatic carbocycles. The van der Waals surface area contributed by atoms with Gasteiger partial charge in [0.2, 0.25) is 0 Å². The van der Waals surface area contributed by atoms with E-state index in [-0.39, 0.29) is 17.4 Å². The second-order valence-corrected chi connectivity index (χ2v) is 6.44. The van der Waals surface area contributed by atoms with Gasteiger partial charge in [-0.05, 0) is 43.0 Å². The van der Waals surface area contributed by atoms with Crippen LogP contribution in [0.2, 0.25) is 0 Å². The molecule has 5 nitrogen and oxygen atoms in total. The molecule has 7 heteroatoms. The van der Waals surface area contributed by atoms with Gasteiger partial charge in [0, 0.05) is 31.3 Å². The molecule has 1 amide bonds. The maximum absolute atomic E-state index is 12.8. The van der Waals surface area contributed by atoms with Crippen LogP contribution in [0.3, 0.4) is 0 Å². The van der Waals surface area contributed by atoms with Crippen LogP contribution in [-0.4, -0.2) is 35.2 Å². The maximum Gasteiger partial charge on any atom is 0.387 e. The number of H-pyrrole nitrogens is 1. The molecule has 1 heterocycles. The number of Topliss-reactive ketones (excluding diaryl/α,β-unsaturated/α-hetero) is 1. The zero-order valence-electron chi connectivity index (χ0n) is 14.6. The number of fused-ring (bicyclic) bond motifs is 1. The van der Waals surface area contributed by atoms with E-state index in [1.54, 1.807) is 26.1 Å². The number of rotatable bonds is 5. The third kappa shape index (κ3) is 3.61. The van der Waals surface area contributed by atoms with Crippen molar-refractivity contribution in [3.05, 3.63) is 52.3 Å². The monoisotopic (exact) mass is 362 g/mol. The highest BCUT2D eigenvalue weighted by atomic mass is 19.3. The topological polar surface area (TPSA) is 62.4 Å². The van der Waals surface area contributed by atoms with Gasteiger partial charge in [0.25, 0.3) is 5.91 Å². The van der Waals surface area contributed by atoms with Gasteiger partial charge in [-0.1, -0.05) is 12.1 Å². The van der Waals surface area contributed by atoms with Gasteiger partial charge in [0.05, 0.1) is 0 Å². The van der Waals surface area contributed by atoms with Crippen molar-refractivity contribution in [3.63, 3.8) is 0 Å². The van der Waals surface area contributed by atoms with Crippen molar-refractivity contribution in [1.29, 1.82) is 0 Å². The van der Waals surface area contributed by atoms with Crippen molar-refractivity contribution in [2.24, 2.45) is 0 Å². The Hall–Kier alpha value is -2.70. The van der Waals surface area contributed by atoms with Gasteiger partial charge < -0.3 is 14.6 Å². The van der Waals surface area contributed by atoms with Gasteiger partial charge in [-0.15, -0.1) is 0 Å². The fraction of sp³-hybridized carbons (Fsp3) is 0.368. The number of carbonyl (C=O) groups is 2. The number of halogens is 2. The molecule has 0 unspecified atom stereocenters. The second-order valence-electron chi connectivity index (χ2n) is 6.44. The number of benzene rings is 1. The van der Waals surface area contributed by atoms with E-state index in [1.807, 2.05) is 0 Å². The van der Waals surface area contributed by atoms with Crippen molar-refractivity contribution < 1.29 is 23.1 Å². The van der Waals surface area contributed by atoms with Gasteiger partial charge in [-0.2, -0.15) is 8.78 Å². The van der Waals surface area contributed by atoms with Gasteiger partial charge in [-0.25, -0.2) is 0 Å². The number of aromatic amines is 1. The van der Waals surface area contributed by atoms with E-state index in [9.17, 15) is 18.4 Å². The van der Waals surface area contributed by atoms with Crippen LogP contribution in [0.1, 0.15) is 50.5 Å². The highest BCUT2D eigenvalue weighted by Crippen LogP contribution is 2.27. The van der Waals surface area contributed by atoms with E-state index in [4.69, 9.17) is 0 Å². The SMILES string of the molecule is Cc1c(C(=O)N(C)Cc2ccc(OC(F)F)cc2)[nH]c2c1C(=O)CCC2. The minimum Gasteiger partial charge on any atom is -0.435 e. The summed E-state index contributed by atoms with van der Waals surface area (Å²) in [7, 11) is 1.66. The van der Waals surface area contributed by atoms with Gasteiger partial charge in [0.1, 0.15) is 11.4 Å². The molecule has 2 aromatic rings. The Morgan fingerprint density at radius 2 is 1.96 bits per heavy atom. The largest absolute Gasteiger partial charge is 0.435 e. The number of amides is 1. The van der Waals surface area contributed by atoms with Gasteiger partial charge >= 0.3 is 6.61 Å². The Kier molecular flexibility index (Phi) is 5.06. The first-order valence-electron chi connectivity index (χ1n) is 8.40. The smallest absolute Gasteiger partial charge is 0.387 e. The zero-order chi connectivity index (χ0) is 18.8. The summed E-state index contributed by atoms with van der Waals surface area (Å²) in [6.07, 6.45) is 2.08. The lowest BCUT2D eigenvalue weighted by Crippen LogP contribution is -2.27. The molecule has 0 radical (unpaired) electrons. The van der Waals surface area contributed by atoms with Crippen molar-refractivity contribution in [2.45, 2.75) is 39.3 Å². The number of nitrogens with zero attached hydrogens (tertiary/aromatic N) is 1. The summed E-state index contributed by atoms with van der Waals surface area (Å²) in [5, 5.41) is 0. The van der Waals surface area contributed by atoms with E-state index in [2.05, 4.69) is 9.72 Å². The minimum absolute atomic E-state index is 0.0733. The van der Waals surface area contributed by atoms with Crippen molar-refractivity contribution >= 4 is 11.7 Å². The molecule has 0 spiro atoms. The number of hydrogen-bond donors (Lipinski definition) is 1. The number of nitrogens with one attached hydrogen (secondary N) is 1. The standard InChI is InChI=1S/C19H20F2N2O3/c1-11-16-14(4-3-5-15(16)24)22-17(11)18(25)23(2)10-12-6-8-13(9-7-12)26-19(20)21/h6-9,19,22H,3-5,10H2,1-2H3. The summed E-state index contributed by atoms with van der Waals surface area (Å²) < 4.78 is 28.7. The Morgan fingerprint density at radius 3 is 2.58 bits per heavy atom. The average Bonchev–Trinajstić information content (AvgIpc) is 2.93. The summed E-state index contributed by atoms with van der Waals surface area (Å²) in [6.45, 7) is -0.768. The van der Waals surface area contributed by atoms with E-state index in [0.29, 0.717) is 29.8 Å². The molecule has 1 aromatic heterocycles. The van der Waals surface area contributed by atoms with E-state index < -0.39 is 6.61 Å². The Bertz CT molecular complexity index is 828. The first-order chi connectivity index (χ1) is 12.4. The first-order valence-corrected chi connectivity index (χ1v) is 8.40. The molecule has 0 bridgehead atoms. The lowest BCUT2D eigenvalue weighted by molar-refractivity contribution is -0.0498. The van der Waals surface area contributed by atoms with Gasteiger partial charge in [0.15, 0.2) is 5.78 Å². The summed E-state index contributed by atoms with van der Waals surface area (Å²) in [4.78, 5) is 29.5. The number of alkyl halides is 2. The quantitative estimate of drug-likeness (QED) is 0.882. The Labute approximate surface area is 150 Å². The third-order valence-electron chi connectivity index (χ3n) is 4.57. The number of aryl methyl sites for hydroxylation is 1. The molecule has 1 N–H and O–H groups in total. The second kappa shape index (κ2) is 7.27. The van der Waals surface area contributed by atoms with Crippen LogP contribution in [0.15, 0.2) is 24.3 Å². The number of ether oxygens (including phenoxy) is 1. The molecule has 1 aliphatic rings. The number of aromatic nitrogens is 1. The number of ketones is 1. The highest BCUT2D eigenvalue weighted by molar-refractivity contribution is 6.04. The van der Waals surface area contributed by atoms with Crippen molar-refractivity contribution in [3.8, 4) is 5.75 Å². The van der Waals surface area contributed by atoms with Crippen LogP contribution in [0.5, 0.6) is 5.75 Å². The Balaban J connectivity index is 1.73. The normalized spacial score (nSPS) is 13.7. The molecule has 0 atom stereocenters. The number of carbonyl (C=O) groups excluding carboxylic acids is 2. The molecule has 1 aliphatic carbocycles. The molecule has 0 saturated carbocycles. The zero-order valence-corrected chi connectivity index (χ0v) is 14.6. The molecule has 3 rings (SSSR count). The van der Waals surface area contributed by atoms with Crippen LogP contribution in [0, 0.1) is 6.92 Å². The van der Waals surface area contributed by atoms with E-state index in [1.165, 1.54) is 17.0 Å². The van der Waals surface area contributed by atoms with Crippen molar-refractivity contribution in [1.82, 2.24) is 9.88 Å². The minimum atomic E-state index is -2.87. The lowest BCUT2D eigenvalue weighted by Gasteiger charge is -2.17. The fourth-order valence-corrected chi connectivity index (χ4v) is 3.30. The summed E-state index contributed by atoms with van der Waals surface area (Å²) in [6, 6.07) is 6.16. The third-order valence-corrected chi connectivity index (χ3v) is 4.57. The highest BCUT2D eigenvalue weighted by Gasteiger charge is 2.27. The molecular weight excluding hydrogens is 342 g/mol. The summed E-state index contributed by atoms with van der Waals surface area (Å²) in [5.41, 5.74) is 3.41. The van der Waals surface area contributed by atoms with Crippen LogP contribution >= 0.6 is 0 Å². The van der Waals surface area contributed by atoms with E-state index >= 15 is 0 Å². The maximum atomic E-state index is 12.8. The molecule has 26 heavy (non-hydrogen) atoms. The first kappa shape index (κ1) is 18.1.